The van der Waals surface area contributed by atoms with Gasteiger partial charge in [-0.1, -0.05) is 0 Å². The summed E-state index contributed by atoms with van der Waals surface area (Å²) in [5, 5.41) is 12.1. The first kappa shape index (κ1) is 22.7. The monoisotopic (exact) mass is 452 g/mol. The van der Waals surface area contributed by atoms with Crippen molar-refractivity contribution >= 4 is 41.5 Å². The number of hydrogen-bond donors (Lipinski definition) is 2. The van der Waals surface area contributed by atoms with E-state index in [1.165, 1.54) is 34.3 Å². The average molecular weight is 452 g/mol. The number of thioether (sulfide) groups is 1. The Bertz CT molecular complexity index is 949. The number of carbonyl (C=O) groups excluding carboxylic acids is 3. The maximum absolute atomic E-state index is 12.8. The van der Waals surface area contributed by atoms with E-state index < -0.39 is 40.8 Å². The molecule has 2 aliphatic heterocycles. The Hall–Kier alpha value is -3.02. The standard InChI is InChI=1S/C19H24N4O7S/c1-10(24)29-8-11-9-31-16-13(15(26)23(16)14(11)17(27)28)21-18-20-5-6-22(18)7-12(25)30-19(2,3)4/h5-6,13,16H,7-9H2,1-4H3,(H,20,21)(H,27,28)/t13?,16-/m0/s1. The highest BCUT2D eigenvalue weighted by Gasteiger charge is 2.54. The fourth-order valence-electron chi connectivity index (χ4n) is 3.21. The van der Waals surface area contributed by atoms with Crippen LogP contribution < -0.4 is 5.32 Å². The number of aliphatic carboxylic acids is 1. The quantitative estimate of drug-likeness (QED) is 0.451. The highest BCUT2D eigenvalue weighted by atomic mass is 32.2. The van der Waals surface area contributed by atoms with Crippen molar-refractivity contribution in [1.82, 2.24) is 14.5 Å². The predicted octanol–water partition coefficient (Wildman–Crippen LogP) is 0.822. The van der Waals surface area contributed by atoms with Gasteiger partial charge in [-0.15, -0.1) is 11.8 Å². The van der Waals surface area contributed by atoms with Gasteiger partial charge in [0.25, 0.3) is 5.91 Å². The number of esters is 2. The molecule has 1 aromatic rings. The van der Waals surface area contributed by atoms with Crippen LogP contribution in [0.2, 0.25) is 0 Å². The van der Waals surface area contributed by atoms with Gasteiger partial charge in [0.2, 0.25) is 5.95 Å². The number of nitrogens with zero attached hydrogens (tertiary/aromatic N) is 3. The summed E-state index contributed by atoms with van der Waals surface area (Å²) in [6, 6.07) is -0.714. The van der Waals surface area contributed by atoms with Gasteiger partial charge in [-0.05, 0) is 20.8 Å². The van der Waals surface area contributed by atoms with Crippen LogP contribution in [0, 0.1) is 0 Å². The Balaban J connectivity index is 1.71. The molecule has 31 heavy (non-hydrogen) atoms. The molecule has 0 aromatic carbocycles. The fraction of sp³-hybridized carbons (Fsp3) is 0.526. The third-order valence-electron chi connectivity index (χ3n) is 4.42. The number of amides is 1. The van der Waals surface area contributed by atoms with E-state index in [9.17, 15) is 24.3 Å². The summed E-state index contributed by atoms with van der Waals surface area (Å²) in [6.07, 6.45) is 3.07. The molecule has 1 saturated heterocycles. The molecule has 0 aliphatic carbocycles. The molecule has 2 atom stereocenters. The van der Waals surface area contributed by atoms with E-state index in [0.29, 0.717) is 17.3 Å². The van der Waals surface area contributed by atoms with Crippen LogP contribution in [0.1, 0.15) is 27.7 Å². The summed E-state index contributed by atoms with van der Waals surface area (Å²) in [7, 11) is 0. The number of fused-ring (bicyclic) bond motifs is 1. The zero-order valence-corrected chi connectivity index (χ0v) is 18.4. The Morgan fingerprint density at radius 1 is 1.35 bits per heavy atom. The lowest BCUT2D eigenvalue weighted by Crippen LogP contribution is -2.68. The van der Waals surface area contributed by atoms with Gasteiger partial charge in [0.1, 0.15) is 35.9 Å². The summed E-state index contributed by atoms with van der Waals surface area (Å²) in [4.78, 5) is 53.1. The Kier molecular flexibility index (Phi) is 6.30. The van der Waals surface area contributed by atoms with Gasteiger partial charge in [-0.2, -0.15) is 0 Å². The van der Waals surface area contributed by atoms with Crippen LogP contribution in [-0.4, -0.2) is 72.7 Å². The molecule has 1 amide bonds. The molecule has 0 radical (unpaired) electrons. The van der Waals surface area contributed by atoms with Crippen LogP contribution >= 0.6 is 11.8 Å². The van der Waals surface area contributed by atoms with Gasteiger partial charge >= 0.3 is 17.9 Å². The van der Waals surface area contributed by atoms with Crippen molar-refractivity contribution < 1.29 is 33.8 Å². The second kappa shape index (κ2) is 8.61. The van der Waals surface area contributed by atoms with Crippen molar-refractivity contribution in [2.75, 3.05) is 17.7 Å². The molecule has 0 saturated carbocycles. The lowest BCUT2D eigenvalue weighted by molar-refractivity contribution is -0.155. The molecule has 3 rings (SSSR count). The largest absolute Gasteiger partial charge is 0.477 e. The lowest BCUT2D eigenvalue weighted by atomic mass is 10.0. The molecule has 1 aromatic heterocycles. The molecule has 0 bridgehead atoms. The van der Waals surface area contributed by atoms with Crippen molar-refractivity contribution in [2.45, 2.75) is 51.3 Å². The Morgan fingerprint density at radius 3 is 2.68 bits per heavy atom. The smallest absolute Gasteiger partial charge is 0.352 e. The number of rotatable bonds is 7. The van der Waals surface area contributed by atoms with Crippen molar-refractivity contribution in [3.05, 3.63) is 23.7 Å². The Labute approximate surface area is 182 Å². The van der Waals surface area contributed by atoms with E-state index in [-0.39, 0.29) is 18.8 Å². The number of anilines is 1. The topological polar surface area (TPSA) is 140 Å². The van der Waals surface area contributed by atoms with Gasteiger partial charge in [-0.3, -0.25) is 19.3 Å². The van der Waals surface area contributed by atoms with Gasteiger partial charge in [0, 0.05) is 30.6 Å². The van der Waals surface area contributed by atoms with Crippen LogP contribution in [0.25, 0.3) is 0 Å². The van der Waals surface area contributed by atoms with Crippen molar-refractivity contribution in [2.24, 2.45) is 0 Å². The molecule has 2 N–H and O–H groups in total. The van der Waals surface area contributed by atoms with Crippen LogP contribution in [0.5, 0.6) is 0 Å². The van der Waals surface area contributed by atoms with Gasteiger partial charge < -0.3 is 24.5 Å². The SMILES string of the molecule is CC(=O)OCC1=C(C(=O)O)N2C(=O)C(Nc3nccn3CC(=O)OC(C)(C)C)[C@@H]2SC1. The molecule has 3 heterocycles. The van der Waals surface area contributed by atoms with Crippen LogP contribution in [0.15, 0.2) is 23.7 Å². The van der Waals surface area contributed by atoms with Crippen LogP contribution in [0.4, 0.5) is 5.95 Å². The third-order valence-corrected chi connectivity index (χ3v) is 5.76. The number of carboxylic acid groups (broad SMARTS) is 1. The van der Waals surface area contributed by atoms with E-state index in [1.807, 2.05) is 0 Å². The number of hydrogen-bond acceptors (Lipinski definition) is 9. The van der Waals surface area contributed by atoms with Crippen LogP contribution in [-0.2, 0) is 35.2 Å². The number of β-lactam (4-membered cyclic amide) rings is 1. The number of aromatic nitrogens is 2. The molecular formula is C19H24N4O7S. The summed E-state index contributed by atoms with van der Waals surface area (Å²) in [5.41, 5.74) is -0.426. The minimum absolute atomic E-state index is 0.0884. The second-order valence-corrected chi connectivity index (χ2v) is 9.14. The van der Waals surface area contributed by atoms with Crippen LogP contribution in [0.3, 0.4) is 0 Å². The summed E-state index contributed by atoms with van der Waals surface area (Å²) >= 11 is 1.36. The maximum atomic E-state index is 12.8. The highest BCUT2D eigenvalue weighted by Crippen LogP contribution is 2.41. The molecule has 168 valence electrons. The molecule has 11 nitrogen and oxygen atoms in total. The Morgan fingerprint density at radius 2 is 2.06 bits per heavy atom. The predicted molar refractivity (Wildman–Crippen MR) is 110 cm³/mol. The van der Waals surface area contributed by atoms with E-state index in [4.69, 9.17) is 9.47 Å². The van der Waals surface area contributed by atoms with E-state index in [1.54, 1.807) is 27.0 Å². The third kappa shape index (κ3) is 5.01. The summed E-state index contributed by atoms with van der Waals surface area (Å²) in [5.74, 6) is -2.08. The zero-order valence-electron chi connectivity index (χ0n) is 17.6. The van der Waals surface area contributed by atoms with Gasteiger partial charge in [-0.25, -0.2) is 9.78 Å². The first-order valence-corrected chi connectivity index (χ1v) is 10.6. The van der Waals surface area contributed by atoms with Crippen molar-refractivity contribution in [3.8, 4) is 0 Å². The minimum atomic E-state index is -1.26. The minimum Gasteiger partial charge on any atom is -0.477 e. The zero-order chi connectivity index (χ0) is 22.9. The molecular weight excluding hydrogens is 428 g/mol. The van der Waals surface area contributed by atoms with Crippen molar-refractivity contribution in [3.63, 3.8) is 0 Å². The second-order valence-electron chi connectivity index (χ2n) is 8.03. The number of carbonyl (C=O) groups is 4. The molecule has 12 heteroatoms. The van der Waals surface area contributed by atoms with Crippen molar-refractivity contribution in [1.29, 1.82) is 0 Å². The average Bonchev–Trinajstić information content (AvgIpc) is 3.08. The van der Waals surface area contributed by atoms with E-state index >= 15 is 0 Å². The molecule has 0 spiro atoms. The number of imidazole rings is 1. The molecule has 1 unspecified atom stereocenters. The van der Waals surface area contributed by atoms with E-state index in [0.717, 1.165) is 0 Å². The fourth-order valence-corrected chi connectivity index (χ4v) is 4.54. The summed E-state index contributed by atoms with van der Waals surface area (Å²) in [6.45, 7) is 6.26. The molecule has 2 aliphatic rings. The number of nitrogens with one attached hydrogen (secondary N) is 1. The van der Waals surface area contributed by atoms with Gasteiger partial charge in [0.15, 0.2) is 0 Å². The lowest BCUT2D eigenvalue weighted by Gasteiger charge is -2.49. The molecule has 1 fully saturated rings. The van der Waals surface area contributed by atoms with E-state index in [2.05, 4.69) is 10.3 Å². The first-order chi connectivity index (χ1) is 14.5. The number of ether oxygens (including phenoxy) is 2. The summed E-state index contributed by atoms with van der Waals surface area (Å²) < 4.78 is 11.8. The maximum Gasteiger partial charge on any atom is 0.352 e. The number of carboxylic acids is 1. The highest BCUT2D eigenvalue weighted by molar-refractivity contribution is 8.00. The first-order valence-electron chi connectivity index (χ1n) is 9.51. The normalized spacial score (nSPS) is 20.6. The van der Waals surface area contributed by atoms with Gasteiger partial charge in [0.05, 0.1) is 0 Å².